The van der Waals surface area contributed by atoms with Crippen LogP contribution in [0.5, 0.6) is 0 Å². The number of carboxylic acid groups (broad SMARTS) is 2. The van der Waals surface area contributed by atoms with Crippen molar-refractivity contribution in [2.75, 3.05) is 6.54 Å². The molecule has 0 aromatic carbocycles. The number of hydrogen-bond donors (Lipinski definition) is 2. The number of aromatic nitrogens is 2. The van der Waals surface area contributed by atoms with Gasteiger partial charge in [0.25, 0.3) is 0 Å². The van der Waals surface area contributed by atoms with E-state index >= 15 is 0 Å². The molecule has 2 heterocycles. The monoisotopic (exact) mass is 363 g/mol. The summed E-state index contributed by atoms with van der Waals surface area (Å²) in [6.45, 7) is -0.258. The molecule has 0 aliphatic rings. The molecule has 0 saturated heterocycles. The Labute approximate surface area is 144 Å². The van der Waals surface area contributed by atoms with E-state index in [1.54, 1.807) is 24.3 Å². The summed E-state index contributed by atoms with van der Waals surface area (Å²) in [5.74, 6) is -3.29. The Morgan fingerprint density at radius 1 is 1.00 bits per heavy atom. The van der Waals surface area contributed by atoms with Crippen molar-refractivity contribution in [2.24, 2.45) is 10.3 Å². The molecule has 25 heavy (non-hydrogen) atoms. The van der Waals surface area contributed by atoms with Crippen molar-refractivity contribution in [1.29, 1.82) is 0 Å². The smallest absolute Gasteiger partial charge is 0.308 e. The highest BCUT2D eigenvalue weighted by Crippen LogP contribution is 2.23. The standard InChI is InChI=1S/C16H17N3O5S/c20-15(21)2-1-12(16(22)23)11-19-25(24,13-3-7-17-8-4-13)14-5-9-18-10-6-14/h3-10,12H,1-2,11H2,(H,20,21)(H,22,23). The number of rotatable bonds is 8. The van der Waals surface area contributed by atoms with Crippen LogP contribution in [0.15, 0.2) is 63.2 Å². The molecule has 2 aromatic heterocycles. The number of hydrogen-bond acceptors (Lipinski definition) is 6. The molecule has 2 rings (SSSR count). The number of aliphatic carboxylic acids is 2. The van der Waals surface area contributed by atoms with Crippen LogP contribution in [0.4, 0.5) is 0 Å². The molecule has 0 aliphatic carbocycles. The van der Waals surface area contributed by atoms with E-state index in [4.69, 9.17) is 5.11 Å². The van der Waals surface area contributed by atoms with Crippen LogP contribution in [0.3, 0.4) is 0 Å². The maximum absolute atomic E-state index is 13.5. The fourth-order valence-electron chi connectivity index (χ4n) is 2.12. The van der Waals surface area contributed by atoms with Gasteiger partial charge in [0, 0.05) is 31.2 Å². The minimum absolute atomic E-state index is 0.0869. The summed E-state index contributed by atoms with van der Waals surface area (Å²) in [6, 6.07) is 6.22. The van der Waals surface area contributed by atoms with E-state index in [1.807, 2.05) is 0 Å². The third-order valence-corrected chi connectivity index (χ3v) is 5.81. The van der Waals surface area contributed by atoms with Crippen molar-refractivity contribution in [3.63, 3.8) is 0 Å². The maximum Gasteiger partial charge on any atom is 0.308 e. The van der Waals surface area contributed by atoms with Crippen molar-refractivity contribution in [2.45, 2.75) is 22.6 Å². The van der Waals surface area contributed by atoms with Crippen LogP contribution in [-0.4, -0.2) is 42.9 Å². The second kappa shape index (κ2) is 8.34. The van der Waals surface area contributed by atoms with Crippen molar-refractivity contribution in [3.8, 4) is 0 Å². The molecule has 0 spiro atoms. The van der Waals surface area contributed by atoms with Gasteiger partial charge in [0.05, 0.1) is 22.3 Å². The van der Waals surface area contributed by atoms with Gasteiger partial charge in [0.1, 0.15) is 9.73 Å². The highest BCUT2D eigenvalue weighted by molar-refractivity contribution is 7.93. The van der Waals surface area contributed by atoms with E-state index in [1.165, 1.54) is 24.8 Å². The van der Waals surface area contributed by atoms with Crippen LogP contribution in [0.25, 0.3) is 0 Å². The highest BCUT2D eigenvalue weighted by atomic mass is 32.2. The first-order valence-corrected chi connectivity index (χ1v) is 8.92. The molecule has 0 aliphatic heterocycles. The first-order chi connectivity index (χ1) is 11.9. The van der Waals surface area contributed by atoms with Crippen molar-refractivity contribution >= 4 is 21.7 Å². The number of nitrogens with zero attached hydrogens (tertiary/aromatic N) is 3. The van der Waals surface area contributed by atoms with Gasteiger partial charge in [-0.1, -0.05) is 0 Å². The summed E-state index contributed by atoms with van der Waals surface area (Å²) in [6.07, 6.45) is 5.53. The Bertz CT molecular complexity index is 803. The Kier molecular flexibility index (Phi) is 6.18. The van der Waals surface area contributed by atoms with Crippen LogP contribution >= 0.6 is 0 Å². The minimum Gasteiger partial charge on any atom is -0.481 e. The molecule has 2 N–H and O–H groups in total. The molecule has 2 aromatic rings. The van der Waals surface area contributed by atoms with E-state index in [0.29, 0.717) is 9.79 Å². The molecule has 1 atom stereocenters. The quantitative estimate of drug-likeness (QED) is 0.733. The summed E-state index contributed by atoms with van der Waals surface area (Å²) in [4.78, 5) is 30.6. The van der Waals surface area contributed by atoms with Gasteiger partial charge in [0.15, 0.2) is 0 Å². The maximum atomic E-state index is 13.5. The molecule has 9 heteroatoms. The Morgan fingerprint density at radius 2 is 1.48 bits per heavy atom. The average molecular weight is 363 g/mol. The summed E-state index contributed by atoms with van der Waals surface area (Å²) < 4.78 is 17.7. The molecule has 0 saturated carbocycles. The van der Waals surface area contributed by atoms with E-state index in [0.717, 1.165) is 0 Å². The molecule has 0 bridgehead atoms. The van der Waals surface area contributed by atoms with Crippen LogP contribution in [0.2, 0.25) is 0 Å². The van der Waals surface area contributed by atoms with E-state index in [-0.39, 0.29) is 19.4 Å². The van der Waals surface area contributed by atoms with Crippen LogP contribution in [0.1, 0.15) is 12.8 Å². The van der Waals surface area contributed by atoms with Gasteiger partial charge in [0.2, 0.25) is 0 Å². The number of pyridine rings is 2. The lowest BCUT2D eigenvalue weighted by molar-refractivity contribution is -0.142. The Morgan fingerprint density at radius 3 is 1.88 bits per heavy atom. The SMILES string of the molecule is O=C(O)CCC(CN=S(=O)(c1ccncc1)c1ccncc1)C(=O)O. The van der Waals surface area contributed by atoms with E-state index in [2.05, 4.69) is 14.3 Å². The van der Waals surface area contributed by atoms with Gasteiger partial charge in [-0.15, -0.1) is 0 Å². The highest BCUT2D eigenvalue weighted by Gasteiger charge is 2.22. The van der Waals surface area contributed by atoms with Crippen LogP contribution in [-0.2, 0) is 19.3 Å². The molecular weight excluding hydrogens is 346 g/mol. The topological polar surface area (TPSA) is 130 Å². The fraction of sp³-hybridized carbons (Fsp3) is 0.250. The molecule has 0 fully saturated rings. The molecule has 1 unspecified atom stereocenters. The lowest BCUT2D eigenvalue weighted by atomic mass is 10.0. The first-order valence-electron chi connectivity index (χ1n) is 7.41. The lowest BCUT2D eigenvalue weighted by Gasteiger charge is -2.13. The summed E-state index contributed by atoms with van der Waals surface area (Å²) in [7, 11) is -3.08. The van der Waals surface area contributed by atoms with Crippen LogP contribution in [0, 0.1) is 5.92 Å². The number of carboxylic acids is 2. The lowest BCUT2D eigenvalue weighted by Crippen LogP contribution is -2.19. The Hall–Kier alpha value is -2.81. The van der Waals surface area contributed by atoms with E-state index in [9.17, 15) is 18.9 Å². The second-order valence-electron chi connectivity index (χ2n) is 5.17. The van der Waals surface area contributed by atoms with Gasteiger partial charge >= 0.3 is 11.9 Å². The second-order valence-corrected chi connectivity index (χ2v) is 7.42. The zero-order chi connectivity index (χ0) is 18.3. The normalized spacial score (nSPS) is 12.3. The van der Waals surface area contributed by atoms with Gasteiger partial charge < -0.3 is 10.2 Å². The van der Waals surface area contributed by atoms with Gasteiger partial charge in [-0.05, 0) is 30.7 Å². The van der Waals surface area contributed by atoms with E-state index < -0.39 is 27.6 Å². The Balaban J connectivity index is 2.42. The number of carbonyl (C=O) groups is 2. The molecule has 0 radical (unpaired) electrons. The average Bonchev–Trinajstić information content (AvgIpc) is 2.62. The third kappa shape index (κ3) is 4.83. The summed E-state index contributed by atoms with van der Waals surface area (Å²) in [5.41, 5.74) is 0. The minimum atomic E-state index is -3.08. The zero-order valence-corrected chi connectivity index (χ0v) is 14.0. The zero-order valence-electron chi connectivity index (χ0n) is 13.2. The molecule has 0 amide bonds. The van der Waals surface area contributed by atoms with Crippen molar-refractivity contribution in [1.82, 2.24) is 9.97 Å². The fourth-order valence-corrected chi connectivity index (χ4v) is 4.06. The molecule has 8 nitrogen and oxygen atoms in total. The van der Waals surface area contributed by atoms with Crippen LogP contribution < -0.4 is 0 Å². The first kappa shape index (κ1) is 18.5. The summed E-state index contributed by atoms with van der Waals surface area (Å²) in [5, 5.41) is 18.0. The largest absolute Gasteiger partial charge is 0.481 e. The predicted octanol–water partition coefficient (Wildman–Crippen LogP) is 1.93. The van der Waals surface area contributed by atoms with Gasteiger partial charge in [-0.25, -0.2) is 8.57 Å². The van der Waals surface area contributed by atoms with Crippen molar-refractivity contribution < 1.29 is 24.0 Å². The van der Waals surface area contributed by atoms with Gasteiger partial charge in [-0.2, -0.15) is 0 Å². The third-order valence-electron chi connectivity index (χ3n) is 3.47. The van der Waals surface area contributed by atoms with Crippen molar-refractivity contribution in [3.05, 3.63) is 49.1 Å². The summed E-state index contributed by atoms with van der Waals surface area (Å²) >= 11 is 0. The molecular formula is C16H17N3O5S. The molecule has 132 valence electrons. The predicted molar refractivity (Wildman–Crippen MR) is 88.4 cm³/mol. The van der Waals surface area contributed by atoms with Gasteiger partial charge in [-0.3, -0.25) is 19.6 Å².